The molecule has 0 aliphatic carbocycles. The van der Waals surface area contributed by atoms with E-state index in [1.807, 2.05) is 19.1 Å². The lowest BCUT2D eigenvalue weighted by atomic mass is 10.3. The minimum absolute atomic E-state index is 0. The average molecular weight is 107 g/mol. The highest BCUT2D eigenvalue weighted by atomic mass is 14.6. The Labute approximate surface area is 49.2 Å². The summed E-state index contributed by atoms with van der Waals surface area (Å²) in [6.07, 6.45) is 3.57. The zero-order valence-electron chi connectivity index (χ0n) is 4.70. The number of hydrogen-bond donors (Lipinski definition) is 0. The number of hydrogen-bond acceptors (Lipinski definition) is 1. The molecule has 0 aliphatic heterocycles. The molecular formula is C6H7N2. The number of pyridine rings is 1. The van der Waals surface area contributed by atoms with Gasteiger partial charge in [-0.1, -0.05) is 0 Å². The lowest BCUT2D eigenvalue weighted by Crippen LogP contribution is -1.68. The van der Waals surface area contributed by atoms with Crippen LogP contribution in [0.5, 0.6) is 0 Å². The molecule has 0 saturated heterocycles. The van der Waals surface area contributed by atoms with E-state index in [4.69, 9.17) is 0 Å². The van der Waals surface area contributed by atoms with Gasteiger partial charge in [-0.3, -0.25) is 4.98 Å². The number of aromatic nitrogens is 1. The van der Waals surface area contributed by atoms with Crippen LogP contribution in [0.15, 0.2) is 24.5 Å². The molecule has 0 aromatic carbocycles. The highest BCUT2D eigenvalue weighted by Crippen LogP contribution is 1.88. The van der Waals surface area contributed by atoms with Crippen molar-refractivity contribution >= 4 is 0 Å². The lowest BCUT2D eigenvalue weighted by Gasteiger charge is -1.82. The van der Waals surface area contributed by atoms with Crippen molar-refractivity contribution in [1.29, 1.82) is 0 Å². The molecule has 41 valence electrons. The van der Waals surface area contributed by atoms with Gasteiger partial charge in [0.2, 0.25) is 0 Å². The average Bonchev–Trinajstić information content (AvgIpc) is 1.69. The first-order valence-corrected chi connectivity index (χ1v) is 2.26. The van der Waals surface area contributed by atoms with Gasteiger partial charge >= 0.3 is 0 Å². The molecule has 2 nitrogen and oxygen atoms in total. The van der Waals surface area contributed by atoms with Gasteiger partial charge in [0.25, 0.3) is 0 Å². The Balaban J connectivity index is 0.000000490. The molecule has 0 aliphatic rings. The third kappa shape index (κ3) is 1.71. The summed E-state index contributed by atoms with van der Waals surface area (Å²) in [7, 11) is 0. The van der Waals surface area contributed by atoms with Gasteiger partial charge in [0.15, 0.2) is 0 Å². The molecule has 0 fully saturated rings. The number of rotatable bonds is 0. The maximum absolute atomic E-state index is 3.85. The number of nitrogens with zero attached hydrogens (tertiary/aromatic N) is 2. The zero-order valence-corrected chi connectivity index (χ0v) is 4.70. The Morgan fingerprint density at radius 2 is 1.75 bits per heavy atom. The van der Waals surface area contributed by atoms with E-state index in [1.54, 1.807) is 12.4 Å². The van der Waals surface area contributed by atoms with Crippen molar-refractivity contribution in [2.75, 3.05) is 0 Å². The first kappa shape index (κ1) is 7.11. The summed E-state index contributed by atoms with van der Waals surface area (Å²) in [6, 6.07) is 3.94. The summed E-state index contributed by atoms with van der Waals surface area (Å²) in [6.45, 7) is 2.04. The summed E-state index contributed by atoms with van der Waals surface area (Å²) in [5.41, 5.74) is 1.26. The van der Waals surface area contributed by atoms with Crippen LogP contribution >= 0.6 is 0 Å². The first-order valence-electron chi connectivity index (χ1n) is 2.26. The van der Waals surface area contributed by atoms with Crippen LogP contribution in [0.2, 0.25) is 0 Å². The lowest BCUT2D eigenvalue weighted by molar-refractivity contribution is 1.29. The molecule has 0 atom stereocenters. The molecule has 0 N–H and O–H groups in total. The smallest absolute Gasteiger partial charge is 0.0270 e. The van der Waals surface area contributed by atoms with Crippen LogP contribution in [0.3, 0.4) is 0 Å². The molecule has 2 heteroatoms. The minimum Gasteiger partial charge on any atom is -0.265 e. The van der Waals surface area contributed by atoms with E-state index in [0.717, 1.165) is 0 Å². The second kappa shape index (κ2) is 3.16. The Hall–Kier alpha value is -0.890. The molecule has 1 aromatic rings. The van der Waals surface area contributed by atoms with Gasteiger partial charge in [0.1, 0.15) is 0 Å². The molecule has 8 heavy (non-hydrogen) atoms. The summed E-state index contributed by atoms with van der Waals surface area (Å²) < 4.78 is 0. The van der Waals surface area contributed by atoms with Crippen LogP contribution in [0.4, 0.5) is 0 Å². The topological polar surface area (TPSA) is 43.4 Å². The summed E-state index contributed by atoms with van der Waals surface area (Å²) in [5, 5.41) is 0. The van der Waals surface area contributed by atoms with Crippen LogP contribution in [0, 0.1) is 6.92 Å². The van der Waals surface area contributed by atoms with Gasteiger partial charge < -0.3 is 0 Å². The second-order valence-corrected chi connectivity index (χ2v) is 1.52. The molecule has 1 aromatic heterocycles. The maximum Gasteiger partial charge on any atom is 0.0270 e. The van der Waals surface area contributed by atoms with Crippen molar-refractivity contribution < 1.29 is 0 Å². The van der Waals surface area contributed by atoms with Crippen molar-refractivity contribution in [1.82, 2.24) is 11.1 Å². The second-order valence-electron chi connectivity index (χ2n) is 1.52. The molecular weight excluding hydrogens is 100 g/mol. The van der Waals surface area contributed by atoms with Gasteiger partial charge in [0.05, 0.1) is 0 Å². The van der Waals surface area contributed by atoms with Gasteiger partial charge in [-0.2, -0.15) is 0 Å². The van der Waals surface area contributed by atoms with E-state index >= 15 is 0 Å². The third-order valence-corrected chi connectivity index (χ3v) is 0.847. The molecule has 0 amide bonds. The predicted molar refractivity (Wildman–Crippen MR) is 31.1 cm³/mol. The van der Waals surface area contributed by atoms with Crippen LogP contribution in [0.25, 0.3) is 0 Å². The van der Waals surface area contributed by atoms with Gasteiger partial charge in [0, 0.05) is 18.5 Å². The molecule has 1 heterocycles. The van der Waals surface area contributed by atoms with E-state index in [0.29, 0.717) is 0 Å². The van der Waals surface area contributed by atoms with E-state index in [2.05, 4.69) is 4.98 Å². The van der Waals surface area contributed by atoms with Gasteiger partial charge in [-0.25, -0.2) is 0 Å². The quantitative estimate of drug-likeness (QED) is 0.486. The highest BCUT2D eigenvalue weighted by Gasteiger charge is 1.72. The fourth-order valence-electron chi connectivity index (χ4n) is 0.426. The molecule has 0 spiro atoms. The van der Waals surface area contributed by atoms with E-state index in [9.17, 15) is 0 Å². The Bertz CT molecular complexity index is 136. The fourth-order valence-corrected chi connectivity index (χ4v) is 0.426. The first-order chi connectivity index (χ1) is 3.39. The fraction of sp³-hybridized carbons (Fsp3) is 0.167. The largest absolute Gasteiger partial charge is 0.265 e. The molecule has 0 unspecified atom stereocenters. The summed E-state index contributed by atoms with van der Waals surface area (Å²) in [4.78, 5) is 3.85. The summed E-state index contributed by atoms with van der Waals surface area (Å²) in [5.74, 6) is 0. The summed E-state index contributed by atoms with van der Waals surface area (Å²) >= 11 is 0. The van der Waals surface area contributed by atoms with Crippen molar-refractivity contribution in [3.63, 3.8) is 0 Å². The van der Waals surface area contributed by atoms with Crippen molar-refractivity contribution in [2.24, 2.45) is 0 Å². The van der Waals surface area contributed by atoms with E-state index in [-0.39, 0.29) is 6.15 Å². The van der Waals surface area contributed by atoms with E-state index in [1.165, 1.54) is 5.56 Å². The molecule has 0 bridgehead atoms. The molecule has 3 radical (unpaired) electrons. The molecule has 1 rings (SSSR count). The highest BCUT2D eigenvalue weighted by molar-refractivity contribution is 5.05. The van der Waals surface area contributed by atoms with Crippen molar-refractivity contribution in [3.8, 4) is 0 Å². The monoisotopic (exact) mass is 107 g/mol. The van der Waals surface area contributed by atoms with Gasteiger partial charge in [-0.15, -0.1) is 0 Å². The SMILES string of the molecule is Cc1ccncc1.[N]. The Morgan fingerprint density at radius 1 is 1.25 bits per heavy atom. The van der Waals surface area contributed by atoms with E-state index < -0.39 is 0 Å². The minimum atomic E-state index is 0. The number of aryl methyl sites for hydroxylation is 1. The van der Waals surface area contributed by atoms with Crippen LogP contribution in [-0.4, -0.2) is 4.98 Å². The van der Waals surface area contributed by atoms with Crippen LogP contribution in [-0.2, 0) is 0 Å². The van der Waals surface area contributed by atoms with Crippen molar-refractivity contribution in [3.05, 3.63) is 30.1 Å². The van der Waals surface area contributed by atoms with Crippen LogP contribution in [0.1, 0.15) is 5.56 Å². The Kier molecular flexibility index (Phi) is 2.80. The standard InChI is InChI=1S/C6H7N.N/c1-6-2-4-7-5-3-6;/h2-5H,1H3;. The van der Waals surface area contributed by atoms with Crippen molar-refractivity contribution in [2.45, 2.75) is 6.92 Å². The zero-order chi connectivity index (χ0) is 5.11. The van der Waals surface area contributed by atoms with Crippen LogP contribution < -0.4 is 6.15 Å². The normalized spacial score (nSPS) is 7.62. The molecule has 0 saturated carbocycles. The third-order valence-electron chi connectivity index (χ3n) is 0.847. The maximum atomic E-state index is 3.85. The Morgan fingerprint density at radius 3 is 2.00 bits per heavy atom. The van der Waals surface area contributed by atoms with Gasteiger partial charge in [-0.05, 0) is 24.6 Å². The predicted octanol–water partition coefficient (Wildman–Crippen LogP) is 0.909.